The number of nitrogens with zero attached hydrogens (tertiary/aromatic N) is 2. The first-order valence-electron chi connectivity index (χ1n) is 6.88. The molecule has 3 nitrogen and oxygen atoms in total. The van der Waals surface area contributed by atoms with Crippen LogP contribution in [0.4, 0.5) is 0 Å². The Morgan fingerprint density at radius 2 is 2.21 bits per heavy atom. The monoisotopic (exact) mass is 280 g/mol. The standard InChI is InChI=1S/C15H21ClN2O/c1-10-5-4-6-12(7-10)18(3)15(19)13-9-17-11(2)8-14(13)16/h8-10,12H,4-7H2,1-3H3. The quantitative estimate of drug-likeness (QED) is 0.828. The maximum atomic E-state index is 12.5. The first-order valence-corrected chi connectivity index (χ1v) is 7.26. The molecule has 4 heteroatoms. The van der Waals surface area contributed by atoms with Crippen molar-refractivity contribution in [1.29, 1.82) is 0 Å². The van der Waals surface area contributed by atoms with Crippen molar-refractivity contribution in [2.45, 2.75) is 45.6 Å². The molecule has 1 fully saturated rings. The van der Waals surface area contributed by atoms with Crippen molar-refractivity contribution in [3.8, 4) is 0 Å². The van der Waals surface area contributed by atoms with Gasteiger partial charge < -0.3 is 4.90 Å². The van der Waals surface area contributed by atoms with E-state index in [1.54, 1.807) is 12.3 Å². The van der Waals surface area contributed by atoms with Crippen molar-refractivity contribution in [2.75, 3.05) is 7.05 Å². The lowest BCUT2D eigenvalue weighted by molar-refractivity contribution is 0.0672. The van der Waals surface area contributed by atoms with E-state index >= 15 is 0 Å². The molecule has 0 aliphatic heterocycles. The second-order valence-electron chi connectivity index (χ2n) is 5.65. The smallest absolute Gasteiger partial charge is 0.256 e. The molecular formula is C15H21ClN2O. The highest BCUT2D eigenvalue weighted by molar-refractivity contribution is 6.33. The predicted molar refractivity (Wildman–Crippen MR) is 77.5 cm³/mol. The van der Waals surface area contributed by atoms with E-state index in [9.17, 15) is 4.79 Å². The second-order valence-corrected chi connectivity index (χ2v) is 6.05. The zero-order valence-electron chi connectivity index (χ0n) is 11.8. The second kappa shape index (κ2) is 5.91. The van der Waals surface area contributed by atoms with Crippen molar-refractivity contribution < 1.29 is 4.79 Å². The molecular weight excluding hydrogens is 260 g/mol. The molecule has 0 bridgehead atoms. The lowest BCUT2D eigenvalue weighted by Gasteiger charge is -2.34. The van der Waals surface area contributed by atoms with Gasteiger partial charge in [0.1, 0.15) is 0 Å². The first-order chi connectivity index (χ1) is 8.99. The largest absolute Gasteiger partial charge is 0.339 e. The highest BCUT2D eigenvalue weighted by Gasteiger charge is 2.27. The third-order valence-corrected chi connectivity index (χ3v) is 4.31. The molecule has 0 N–H and O–H groups in total. The number of halogens is 1. The van der Waals surface area contributed by atoms with Gasteiger partial charge >= 0.3 is 0 Å². The Labute approximate surface area is 120 Å². The van der Waals surface area contributed by atoms with Crippen LogP contribution in [-0.4, -0.2) is 28.9 Å². The predicted octanol–water partition coefficient (Wildman–Crippen LogP) is 3.69. The van der Waals surface area contributed by atoms with Crippen LogP contribution in [0.15, 0.2) is 12.3 Å². The fourth-order valence-electron chi connectivity index (χ4n) is 2.79. The molecule has 104 valence electrons. The van der Waals surface area contributed by atoms with E-state index < -0.39 is 0 Å². The van der Waals surface area contributed by atoms with Gasteiger partial charge in [0.25, 0.3) is 5.91 Å². The average molecular weight is 281 g/mol. The summed E-state index contributed by atoms with van der Waals surface area (Å²) < 4.78 is 0. The molecule has 1 aliphatic rings. The van der Waals surface area contributed by atoms with E-state index in [-0.39, 0.29) is 5.91 Å². The van der Waals surface area contributed by atoms with E-state index in [1.807, 2.05) is 18.9 Å². The summed E-state index contributed by atoms with van der Waals surface area (Å²) in [6.07, 6.45) is 6.22. The zero-order chi connectivity index (χ0) is 14.0. The summed E-state index contributed by atoms with van der Waals surface area (Å²) in [5.74, 6) is 0.678. The van der Waals surface area contributed by atoms with Gasteiger partial charge in [0.15, 0.2) is 0 Å². The van der Waals surface area contributed by atoms with Crippen LogP contribution in [-0.2, 0) is 0 Å². The summed E-state index contributed by atoms with van der Waals surface area (Å²) in [5.41, 5.74) is 1.34. The lowest BCUT2D eigenvalue weighted by Crippen LogP contribution is -2.40. The molecule has 1 aromatic rings. The third-order valence-electron chi connectivity index (χ3n) is 4.00. The van der Waals surface area contributed by atoms with Gasteiger partial charge in [-0.2, -0.15) is 0 Å². The maximum absolute atomic E-state index is 12.5. The van der Waals surface area contributed by atoms with Gasteiger partial charge in [0.05, 0.1) is 10.6 Å². The van der Waals surface area contributed by atoms with E-state index in [2.05, 4.69) is 11.9 Å². The number of hydrogen-bond donors (Lipinski definition) is 0. The molecule has 0 saturated heterocycles. The molecule has 2 rings (SSSR count). The fraction of sp³-hybridized carbons (Fsp3) is 0.600. The van der Waals surface area contributed by atoms with Crippen LogP contribution in [0, 0.1) is 12.8 Å². The Morgan fingerprint density at radius 3 is 2.84 bits per heavy atom. The Kier molecular flexibility index (Phi) is 4.46. The Hall–Kier alpha value is -1.09. The summed E-state index contributed by atoms with van der Waals surface area (Å²) in [6, 6.07) is 2.07. The summed E-state index contributed by atoms with van der Waals surface area (Å²) >= 11 is 6.15. The molecule has 1 aromatic heterocycles. The number of aryl methyl sites for hydroxylation is 1. The van der Waals surface area contributed by atoms with Crippen LogP contribution >= 0.6 is 11.6 Å². The molecule has 2 atom stereocenters. The minimum absolute atomic E-state index is 0.0170. The fourth-order valence-corrected chi connectivity index (χ4v) is 3.08. The SMILES string of the molecule is Cc1cc(Cl)c(C(=O)N(C)C2CCCC(C)C2)cn1. The number of carbonyl (C=O) groups excluding carboxylic acids is 1. The van der Waals surface area contributed by atoms with E-state index in [0.29, 0.717) is 22.5 Å². The summed E-state index contributed by atoms with van der Waals surface area (Å²) in [6.45, 7) is 4.12. The number of amides is 1. The molecule has 1 saturated carbocycles. The molecule has 2 unspecified atom stereocenters. The van der Waals surface area contributed by atoms with E-state index in [1.165, 1.54) is 12.8 Å². The van der Waals surface area contributed by atoms with Gasteiger partial charge in [-0.3, -0.25) is 9.78 Å². The molecule has 1 aliphatic carbocycles. The molecule has 1 amide bonds. The highest BCUT2D eigenvalue weighted by Crippen LogP contribution is 2.28. The number of rotatable bonds is 2. The molecule has 0 spiro atoms. The summed E-state index contributed by atoms with van der Waals surface area (Å²) in [7, 11) is 1.88. The van der Waals surface area contributed by atoms with Crippen molar-refractivity contribution in [3.63, 3.8) is 0 Å². The van der Waals surface area contributed by atoms with Gasteiger partial charge in [-0.05, 0) is 31.7 Å². The highest BCUT2D eigenvalue weighted by atomic mass is 35.5. The van der Waals surface area contributed by atoms with Gasteiger partial charge in [-0.1, -0.05) is 31.4 Å². The molecule has 19 heavy (non-hydrogen) atoms. The van der Waals surface area contributed by atoms with Crippen molar-refractivity contribution in [3.05, 3.63) is 28.5 Å². The summed E-state index contributed by atoms with van der Waals surface area (Å²) in [4.78, 5) is 18.5. The van der Waals surface area contributed by atoms with Crippen molar-refractivity contribution >= 4 is 17.5 Å². The van der Waals surface area contributed by atoms with E-state index in [4.69, 9.17) is 11.6 Å². The van der Waals surface area contributed by atoms with Crippen LogP contribution in [0.3, 0.4) is 0 Å². The number of aromatic nitrogens is 1. The minimum atomic E-state index is -0.0170. The summed E-state index contributed by atoms with van der Waals surface area (Å²) in [5, 5.41) is 0.494. The average Bonchev–Trinajstić information content (AvgIpc) is 2.37. The van der Waals surface area contributed by atoms with E-state index in [0.717, 1.165) is 18.5 Å². The number of carbonyl (C=O) groups is 1. The van der Waals surface area contributed by atoms with Crippen LogP contribution < -0.4 is 0 Å². The minimum Gasteiger partial charge on any atom is -0.339 e. The zero-order valence-corrected chi connectivity index (χ0v) is 12.6. The first kappa shape index (κ1) is 14.3. The maximum Gasteiger partial charge on any atom is 0.256 e. The third kappa shape index (κ3) is 3.27. The van der Waals surface area contributed by atoms with Crippen LogP contribution in [0.1, 0.15) is 48.7 Å². The van der Waals surface area contributed by atoms with Gasteiger partial charge in [-0.15, -0.1) is 0 Å². The van der Waals surface area contributed by atoms with Gasteiger partial charge in [-0.25, -0.2) is 0 Å². The van der Waals surface area contributed by atoms with Crippen molar-refractivity contribution in [2.24, 2.45) is 5.92 Å². The Balaban J connectivity index is 2.14. The molecule has 1 heterocycles. The van der Waals surface area contributed by atoms with Crippen LogP contribution in [0.2, 0.25) is 5.02 Å². The number of hydrogen-bond acceptors (Lipinski definition) is 2. The van der Waals surface area contributed by atoms with Gasteiger partial charge in [0.2, 0.25) is 0 Å². The van der Waals surface area contributed by atoms with Gasteiger partial charge in [0, 0.05) is 25.0 Å². The lowest BCUT2D eigenvalue weighted by atomic mass is 9.86. The molecule has 0 aromatic carbocycles. The topological polar surface area (TPSA) is 33.2 Å². The Bertz CT molecular complexity index is 475. The Morgan fingerprint density at radius 1 is 1.47 bits per heavy atom. The molecule has 0 radical (unpaired) electrons. The van der Waals surface area contributed by atoms with Crippen molar-refractivity contribution in [1.82, 2.24) is 9.88 Å². The number of pyridine rings is 1. The van der Waals surface area contributed by atoms with Crippen LogP contribution in [0.25, 0.3) is 0 Å². The van der Waals surface area contributed by atoms with Crippen LogP contribution in [0.5, 0.6) is 0 Å². The normalized spacial score (nSPS) is 23.2.